The Balaban J connectivity index is 1.38. The standard InChI is InChI=1S/C24H18N3O4P/c28-32(29-22-13-16-7-1-4-10-19(16)25-22,30-23-14-17-8-2-5-11-20(17)26-23)31-24-15-18-9-3-6-12-21(18)27-24/h1-15,25-27H. The summed E-state index contributed by atoms with van der Waals surface area (Å²) in [4.78, 5) is 9.30. The fourth-order valence-corrected chi connectivity index (χ4v) is 4.83. The van der Waals surface area contributed by atoms with Crippen LogP contribution in [0.4, 0.5) is 0 Å². The van der Waals surface area contributed by atoms with Crippen LogP contribution in [-0.2, 0) is 4.57 Å². The van der Waals surface area contributed by atoms with E-state index >= 15 is 0 Å². The monoisotopic (exact) mass is 443 g/mol. The number of H-pyrrole nitrogens is 3. The van der Waals surface area contributed by atoms with E-state index in [9.17, 15) is 4.57 Å². The highest BCUT2D eigenvalue weighted by atomic mass is 31.2. The number of fused-ring (bicyclic) bond motifs is 3. The van der Waals surface area contributed by atoms with E-state index < -0.39 is 7.82 Å². The minimum atomic E-state index is -4.14. The Morgan fingerprint density at radius 3 is 1.12 bits per heavy atom. The zero-order chi connectivity index (χ0) is 21.5. The zero-order valence-electron chi connectivity index (χ0n) is 16.7. The normalized spacial score (nSPS) is 11.9. The van der Waals surface area contributed by atoms with Crippen LogP contribution >= 0.6 is 7.82 Å². The molecule has 3 heterocycles. The molecule has 3 N–H and O–H groups in total. The largest absolute Gasteiger partial charge is 0.650 e. The van der Waals surface area contributed by atoms with Gasteiger partial charge in [-0.1, -0.05) is 54.6 Å². The summed E-state index contributed by atoms with van der Waals surface area (Å²) in [5, 5.41) is 2.76. The fraction of sp³-hybridized carbons (Fsp3) is 0. The van der Waals surface area contributed by atoms with Gasteiger partial charge in [0.1, 0.15) is 0 Å². The van der Waals surface area contributed by atoms with Crippen molar-refractivity contribution in [2.75, 3.05) is 0 Å². The minimum absolute atomic E-state index is 0.279. The van der Waals surface area contributed by atoms with Crippen LogP contribution in [0.3, 0.4) is 0 Å². The smallest absolute Gasteiger partial charge is 0.369 e. The summed E-state index contributed by atoms with van der Waals surface area (Å²) in [7, 11) is -4.14. The number of phosphoric acid groups is 1. The van der Waals surface area contributed by atoms with Crippen molar-refractivity contribution >= 4 is 40.5 Å². The summed E-state index contributed by atoms with van der Waals surface area (Å²) in [6.07, 6.45) is 0. The van der Waals surface area contributed by atoms with Gasteiger partial charge in [0.15, 0.2) is 0 Å². The first-order valence-electron chi connectivity index (χ1n) is 10.1. The molecule has 0 aliphatic heterocycles. The molecule has 6 aromatic rings. The third-order valence-corrected chi connectivity index (χ3v) is 6.41. The molecule has 0 radical (unpaired) electrons. The highest BCUT2D eigenvalue weighted by Crippen LogP contribution is 2.50. The molecule has 0 bridgehead atoms. The lowest BCUT2D eigenvalue weighted by Crippen LogP contribution is -2.08. The number of rotatable bonds is 6. The van der Waals surface area contributed by atoms with E-state index in [2.05, 4.69) is 15.0 Å². The van der Waals surface area contributed by atoms with Crippen LogP contribution in [0.5, 0.6) is 17.6 Å². The molecular formula is C24H18N3O4P. The molecule has 0 aliphatic carbocycles. The van der Waals surface area contributed by atoms with E-state index in [0.29, 0.717) is 0 Å². The van der Waals surface area contributed by atoms with Crippen molar-refractivity contribution in [1.82, 2.24) is 15.0 Å². The maximum atomic E-state index is 13.8. The summed E-state index contributed by atoms with van der Waals surface area (Å²) in [6.45, 7) is 0. The van der Waals surface area contributed by atoms with Gasteiger partial charge in [-0.3, -0.25) is 0 Å². The van der Waals surface area contributed by atoms with E-state index in [1.165, 1.54) is 0 Å². The summed E-state index contributed by atoms with van der Waals surface area (Å²) in [5.41, 5.74) is 2.56. The Kier molecular flexibility index (Phi) is 4.23. The molecule has 0 atom stereocenters. The third-order valence-electron chi connectivity index (χ3n) is 5.15. The quantitative estimate of drug-likeness (QED) is 0.248. The zero-order valence-corrected chi connectivity index (χ0v) is 17.6. The lowest BCUT2D eigenvalue weighted by molar-refractivity contribution is 0.289. The third kappa shape index (κ3) is 3.49. The van der Waals surface area contributed by atoms with E-state index in [0.717, 1.165) is 32.7 Å². The molecule has 0 unspecified atom stereocenters. The maximum absolute atomic E-state index is 13.8. The molecule has 0 spiro atoms. The molecule has 0 saturated heterocycles. The molecular weight excluding hydrogens is 425 g/mol. The van der Waals surface area contributed by atoms with Gasteiger partial charge in [-0.2, -0.15) is 4.57 Å². The Bertz CT molecular complexity index is 1320. The number of aromatic nitrogens is 3. The average Bonchev–Trinajstić information content (AvgIpc) is 3.47. The molecule has 3 aromatic heterocycles. The predicted octanol–water partition coefficient (Wildman–Crippen LogP) is 6.78. The van der Waals surface area contributed by atoms with Crippen LogP contribution in [-0.4, -0.2) is 15.0 Å². The van der Waals surface area contributed by atoms with Crippen molar-refractivity contribution < 1.29 is 18.1 Å². The van der Waals surface area contributed by atoms with E-state index in [-0.39, 0.29) is 17.6 Å². The summed E-state index contributed by atoms with van der Waals surface area (Å²) in [6, 6.07) is 28.3. The molecule has 0 saturated carbocycles. The molecule has 158 valence electrons. The van der Waals surface area contributed by atoms with Gasteiger partial charge in [-0.05, 0) is 18.2 Å². The van der Waals surface area contributed by atoms with Gasteiger partial charge in [0.2, 0.25) is 17.6 Å². The summed E-state index contributed by atoms with van der Waals surface area (Å²) < 4.78 is 31.2. The van der Waals surface area contributed by atoms with Crippen molar-refractivity contribution in [1.29, 1.82) is 0 Å². The highest BCUT2D eigenvalue weighted by molar-refractivity contribution is 7.49. The molecule has 3 aromatic carbocycles. The van der Waals surface area contributed by atoms with Crippen LogP contribution < -0.4 is 13.6 Å². The second kappa shape index (κ2) is 7.25. The Morgan fingerprint density at radius 2 is 0.812 bits per heavy atom. The molecule has 0 amide bonds. The second-order valence-electron chi connectivity index (χ2n) is 7.38. The van der Waals surface area contributed by atoms with Gasteiger partial charge in [0.05, 0.1) is 0 Å². The minimum Gasteiger partial charge on any atom is -0.369 e. The van der Waals surface area contributed by atoms with Crippen molar-refractivity contribution in [2.24, 2.45) is 0 Å². The van der Waals surface area contributed by atoms with Crippen molar-refractivity contribution in [3.63, 3.8) is 0 Å². The van der Waals surface area contributed by atoms with Gasteiger partial charge >= 0.3 is 7.82 Å². The van der Waals surface area contributed by atoms with Crippen molar-refractivity contribution in [3.8, 4) is 17.6 Å². The Morgan fingerprint density at radius 1 is 0.500 bits per heavy atom. The molecule has 0 fully saturated rings. The molecule has 0 aliphatic rings. The lowest BCUT2D eigenvalue weighted by Gasteiger charge is -2.16. The molecule has 32 heavy (non-hydrogen) atoms. The van der Waals surface area contributed by atoms with Crippen LogP contribution in [0.1, 0.15) is 0 Å². The number of nitrogens with one attached hydrogen (secondary N) is 3. The predicted molar refractivity (Wildman–Crippen MR) is 124 cm³/mol. The first kappa shape index (κ1) is 18.7. The second-order valence-corrected chi connectivity index (χ2v) is 8.83. The van der Waals surface area contributed by atoms with Crippen LogP contribution in [0.25, 0.3) is 32.7 Å². The topological polar surface area (TPSA) is 92.1 Å². The number of aromatic amines is 3. The van der Waals surface area contributed by atoms with Crippen molar-refractivity contribution in [2.45, 2.75) is 0 Å². The number of benzene rings is 3. The van der Waals surface area contributed by atoms with Gasteiger partial charge in [0.25, 0.3) is 0 Å². The van der Waals surface area contributed by atoms with Gasteiger partial charge in [0, 0.05) is 50.9 Å². The number of hydrogen-bond donors (Lipinski definition) is 3. The summed E-state index contributed by atoms with van der Waals surface area (Å²) in [5.74, 6) is 0.838. The van der Waals surface area contributed by atoms with Gasteiger partial charge in [-0.15, -0.1) is 0 Å². The number of hydrogen-bond acceptors (Lipinski definition) is 4. The Hall–Kier alpha value is -4.09. The van der Waals surface area contributed by atoms with Crippen LogP contribution in [0.15, 0.2) is 91.0 Å². The fourth-order valence-electron chi connectivity index (χ4n) is 3.71. The Labute approximate surface area is 182 Å². The maximum Gasteiger partial charge on any atom is 0.650 e. The molecule has 7 nitrogen and oxygen atoms in total. The van der Waals surface area contributed by atoms with Gasteiger partial charge < -0.3 is 28.5 Å². The average molecular weight is 443 g/mol. The lowest BCUT2D eigenvalue weighted by atomic mass is 10.3. The van der Waals surface area contributed by atoms with Crippen LogP contribution in [0.2, 0.25) is 0 Å². The highest BCUT2D eigenvalue weighted by Gasteiger charge is 2.35. The van der Waals surface area contributed by atoms with E-state index in [1.807, 2.05) is 72.8 Å². The SMILES string of the molecule is O=P(Oc1cc2ccccc2[nH]1)(Oc1cc2ccccc2[nH]1)Oc1cc2ccccc2[nH]1. The summed E-state index contributed by atoms with van der Waals surface area (Å²) >= 11 is 0. The van der Waals surface area contributed by atoms with E-state index in [1.54, 1.807) is 18.2 Å². The van der Waals surface area contributed by atoms with Crippen LogP contribution in [0, 0.1) is 0 Å². The van der Waals surface area contributed by atoms with Crippen molar-refractivity contribution in [3.05, 3.63) is 91.0 Å². The first-order chi connectivity index (χ1) is 15.6. The number of para-hydroxylation sites is 3. The first-order valence-corrected chi connectivity index (χ1v) is 11.5. The van der Waals surface area contributed by atoms with E-state index in [4.69, 9.17) is 13.6 Å². The number of phosphoric ester groups is 1. The molecule has 8 heteroatoms. The van der Waals surface area contributed by atoms with Gasteiger partial charge in [-0.25, -0.2) is 0 Å². The molecule has 6 rings (SSSR count).